The highest BCUT2D eigenvalue weighted by molar-refractivity contribution is 7.23. The van der Waals surface area contributed by atoms with Crippen LogP contribution in [0.3, 0.4) is 0 Å². The van der Waals surface area contributed by atoms with E-state index in [1.807, 2.05) is 0 Å². The summed E-state index contributed by atoms with van der Waals surface area (Å²) in [5.74, 6) is 0.887. The maximum absolute atomic E-state index is 10.3. The van der Waals surface area contributed by atoms with Crippen molar-refractivity contribution in [2.24, 2.45) is 5.92 Å². The van der Waals surface area contributed by atoms with Crippen LogP contribution in [0.5, 0.6) is 0 Å². The largest absolute Gasteiger partial charge is 0.324 e. The Morgan fingerprint density at radius 1 is 0.545 bits per heavy atom. The molecule has 2 heteroatoms. The molecule has 0 aromatic carbocycles. The van der Waals surface area contributed by atoms with Gasteiger partial charge in [-0.1, -0.05) is 108 Å². The molecule has 0 fully saturated rings. The normalized spacial score (nSPS) is 11.6. The summed E-state index contributed by atoms with van der Waals surface area (Å²) in [5, 5.41) is 0. The molecule has 0 rings (SSSR count). The fraction of sp³-hybridized carbons (Fsp3) is 1.00. The van der Waals surface area contributed by atoms with Crippen molar-refractivity contribution in [3.8, 4) is 0 Å². The summed E-state index contributed by atoms with van der Waals surface area (Å²) in [5.41, 5.74) is 0. The van der Waals surface area contributed by atoms with Crippen molar-refractivity contribution in [1.29, 1.82) is 0 Å². The molecule has 0 bridgehead atoms. The predicted octanol–water partition coefficient (Wildman–Crippen LogP) is 7.91. The van der Waals surface area contributed by atoms with E-state index in [1.54, 1.807) is 0 Å². The van der Waals surface area contributed by atoms with Crippen molar-refractivity contribution in [3.63, 3.8) is 0 Å². The van der Waals surface area contributed by atoms with Gasteiger partial charge >= 0.3 is 8.46 Å². The lowest BCUT2D eigenvalue weighted by molar-refractivity contribution is 0.502. The average molecular weight is 330 g/mol. The SMILES string of the molecule is CC(C)CCCCCCCCCCCCCCCCC[PH+]=O. The zero-order chi connectivity index (χ0) is 16.3. The van der Waals surface area contributed by atoms with Crippen LogP contribution in [0.15, 0.2) is 0 Å². The van der Waals surface area contributed by atoms with Crippen LogP contribution in [-0.4, -0.2) is 6.16 Å². The fourth-order valence-corrected chi connectivity index (χ4v) is 3.44. The molecule has 0 saturated heterocycles. The minimum atomic E-state index is -0.0824. The van der Waals surface area contributed by atoms with Crippen molar-refractivity contribution in [1.82, 2.24) is 0 Å². The van der Waals surface area contributed by atoms with E-state index in [9.17, 15) is 4.57 Å². The van der Waals surface area contributed by atoms with E-state index in [-0.39, 0.29) is 8.46 Å². The summed E-state index contributed by atoms with van der Waals surface area (Å²) >= 11 is 0. The smallest absolute Gasteiger partial charge is 0.0775 e. The standard InChI is InChI=1S/C20H41OP/c1-20(2)18-16-14-12-10-8-6-4-3-5-7-9-11-13-15-17-19-22-21/h20H,3-19H2,1-2H3/p+1. The van der Waals surface area contributed by atoms with Crippen molar-refractivity contribution in [2.75, 3.05) is 6.16 Å². The quantitative estimate of drug-likeness (QED) is 0.184. The average Bonchev–Trinajstić information content (AvgIpc) is 2.50. The molecule has 0 heterocycles. The Labute approximate surface area is 142 Å². The molecule has 0 spiro atoms. The van der Waals surface area contributed by atoms with Crippen LogP contribution in [0.2, 0.25) is 0 Å². The lowest BCUT2D eigenvalue weighted by Gasteiger charge is -2.05. The predicted molar refractivity (Wildman–Crippen MR) is 103 cm³/mol. The molecular weight excluding hydrogens is 287 g/mol. The molecule has 0 radical (unpaired) electrons. The van der Waals surface area contributed by atoms with Gasteiger partial charge in [0, 0.05) is 0 Å². The van der Waals surface area contributed by atoms with Gasteiger partial charge < -0.3 is 0 Å². The van der Waals surface area contributed by atoms with Crippen LogP contribution in [0.1, 0.15) is 117 Å². The zero-order valence-corrected chi connectivity index (χ0v) is 16.5. The maximum Gasteiger partial charge on any atom is 0.324 e. The summed E-state index contributed by atoms with van der Waals surface area (Å²) in [6, 6.07) is 0. The summed E-state index contributed by atoms with van der Waals surface area (Å²) in [6.45, 7) is 4.66. The van der Waals surface area contributed by atoms with Crippen molar-refractivity contribution >= 4 is 8.46 Å². The van der Waals surface area contributed by atoms with Gasteiger partial charge in [-0.3, -0.25) is 0 Å². The minimum absolute atomic E-state index is 0.0824. The number of hydrogen-bond donors (Lipinski definition) is 0. The molecule has 0 aliphatic carbocycles. The molecule has 0 aromatic heterocycles. The van der Waals surface area contributed by atoms with E-state index in [4.69, 9.17) is 0 Å². The van der Waals surface area contributed by atoms with Crippen LogP contribution in [0.25, 0.3) is 0 Å². The van der Waals surface area contributed by atoms with Crippen LogP contribution >= 0.6 is 8.46 Å². The Morgan fingerprint density at radius 3 is 1.18 bits per heavy atom. The third-order valence-electron chi connectivity index (χ3n) is 4.56. The third-order valence-corrected chi connectivity index (χ3v) is 5.12. The summed E-state index contributed by atoms with van der Waals surface area (Å²) in [7, 11) is -0.0824. The first-order chi connectivity index (χ1) is 10.8. The molecule has 1 nitrogen and oxygen atoms in total. The Balaban J connectivity index is 2.95. The van der Waals surface area contributed by atoms with E-state index in [0.29, 0.717) is 0 Å². The number of rotatable bonds is 18. The lowest BCUT2D eigenvalue weighted by Crippen LogP contribution is -1.87. The first-order valence-corrected chi connectivity index (χ1v) is 11.2. The first kappa shape index (κ1) is 22.1. The second kappa shape index (κ2) is 19.1. The van der Waals surface area contributed by atoms with E-state index < -0.39 is 0 Å². The van der Waals surface area contributed by atoms with Gasteiger partial charge in [-0.05, 0) is 18.8 Å². The van der Waals surface area contributed by atoms with E-state index in [0.717, 1.165) is 12.1 Å². The van der Waals surface area contributed by atoms with Crippen LogP contribution < -0.4 is 0 Å². The van der Waals surface area contributed by atoms with Gasteiger partial charge in [-0.15, -0.1) is 0 Å². The van der Waals surface area contributed by atoms with Gasteiger partial charge in [0.05, 0.1) is 0 Å². The molecule has 0 aliphatic rings. The molecule has 0 N–H and O–H groups in total. The Bertz CT molecular complexity index is 216. The maximum atomic E-state index is 10.3. The molecule has 1 atom stereocenters. The highest BCUT2D eigenvalue weighted by Gasteiger charge is 1.96. The molecule has 0 saturated carbocycles. The number of hydrogen-bond acceptors (Lipinski definition) is 1. The fourth-order valence-electron chi connectivity index (χ4n) is 3.05. The van der Waals surface area contributed by atoms with Crippen molar-refractivity contribution in [3.05, 3.63) is 0 Å². The minimum Gasteiger partial charge on any atom is -0.0775 e. The van der Waals surface area contributed by atoms with Crippen LogP contribution in [0.4, 0.5) is 0 Å². The lowest BCUT2D eigenvalue weighted by atomic mass is 10.0. The third kappa shape index (κ3) is 20.1. The molecular formula is C20H42OP+. The van der Waals surface area contributed by atoms with Gasteiger partial charge in [-0.2, -0.15) is 0 Å². The Kier molecular flexibility index (Phi) is 19.2. The highest BCUT2D eigenvalue weighted by atomic mass is 31.1. The monoisotopic (exact) mass is 329 g/mol. The Morgan fingerprint density at radius 2 is 0.864 bits per heavy atom. The van der Waals surface area contributed by atoms with E-state index >= 15 is 0 Å². The summed E-state index contributed by atoms with van der Waals surface area (Å²) < 4.78 is 10.3. The Hall–Kier alpha value is 0.100. The number of unbranched alkanes of at least 4 members (excludes halogenated alkanes) is 14. The topological polar surface area (TPSA) is 17.1 Å². The van der Waals surface area contributed by atoms with Crippen LogP contribution in [-0.2, 0) is 4.57 Å². The van der Waals surface area contributed by atoms with Gasteiger partial charge in [-0.25, -0.2) is 0 Å². The molecule has 1 unspecified atom stereocenters. The van der Waals surface area contributed by atoms with E-state index in [1.165, 1.54) is 103 Å². The second-order valence-corrected chi connectivity index (χ2v) is 8.17. The summed E-state index contributed by atoms with van der Waals surface area (Å²) in [6.07, 6.45) is 23.4. The van der Waals surface area contributed by atoms with Gasteiger partial charge in [0.15, 0.2) is 0 Å². The van der Waals surface area contributed by atoms with Crippen LogP contribution in [0, 0.1) is 5.92 Å². The first-order valence-electron chi connectivity index (χ1n) is 10.1. The van der Waals surface area contributed by atoms with E-state index in [2.05, 4.69) is 13.8 Å². The van der Waals surface area contributed by atoms with Gasteiger partial charge in [0.1, 0.15) is 6.16 Å². The molecule has 132 valence electrons. The summed E-state index contributed by atoms with van der Waals surface area (Å²) in [4.78, 5) is 0. The second-order valence-electron chi connectivity index (χ2n) is 7.38. The molecule has 0 aliphatic heterocycles. The van der Waals surface area contributed by atoms with Gasteiger partial charge in [0.2, 0.25) is 0 Å². The van der Waals surface area contributed by atoms with Gasteiger partial charge in [0.25, 0.3) is 0 Å². The van der Waals surface area contributed by atoms with Crippen molar-refractivity contribution in [2.45, 2.75) is 117 Å². The molecule has 0 amide bonds. The molecule has 0 aromatic rings. The zero-order valence-electron chi connectivity index (χ0n) is 15.5. The molecule has 22 heavy (non-hydrogen) atoms. The highest BCUT2D eigenvalue weighted by Crippen LogP contribution is 2.15. The van der Waals surface area contributed by atoms with Crippen molar-refractivity contribution < 1.29 is 4.57 Å².